The van der Waals surface area contributed by atoms with Crippen molar-refractivity contribution in [3.8, 4) is 0 Å². The standard InChI is InChI=1S/C16H10N2O/c19-9-11-2-1-3-14-13(11)5-4-10-7-16-12(6-15(10)14)8-17-18-16/h1-9H,(H,17,18). The molecule has 3 heteroatoms. The van der Waals surface area contributed by atoms with Crippen molar-refractivity contribution >= 4 is 38.7 Å². The lowest BCUT2D eigenvalue weighted by Crippen LogP contribution is -1.84. The molecule has 4 aromatic rings. The van der Waals surface area contributed by atoms with Crippen molar-refractivity contribution in [1.82, 2.24) is 10.2 Å². The molecular formula is C16H10N2O. The highest BCUT2D eigenvalue weighted by atomic mass is 16.1. The van der Waals surface area contributed by atoms with Crippen molar-refractivity contribution in [3.63, 3.8) is 0 Å². The van der Waals surface area contributed by atoms with E-state index in [1.54, 1.807) is 0 Å². The maximum absolute atomic E-state index is 11.1. The van der Waals surface area contributed by atoms with Crippen LogP contribution >= 0.6 is 0 Å². The summed E-state index contributed by atoms with van der Waals surface area (Å²) >= 11 is 0. The van der Waals surface area contributed by atoms with Crippen LogP contribution in [0.1, 0.15) is 10.4 Å². The summed E-state index contributed by atoms with van der Waals surface area (Å²) in [6.45, 7) is 0. The summed E-state index contributed by atoms with van der Waals surface area (Å²) in [6, 6.07) is 14.1. The lowest BCUT2D eigenvalue weighted by Gasteiger charge is -2.06. The molecule has 0 amide bonds. The Balaban J connectivity index is 2.26. The van der Waals surface area contributed by atoms with Gasteiger partial charge < -0.3 is 0 Å². The van der Waals surface area contributed by atoms with Crippen LogP contribution in [0.3, 0.4) is 0 Å². The van der Waals surface area contributed by atoms with Gasteiger partial charge in [0, 0.05) is 10.9 Å². The third-order valence-electron chi connectivity index (χ3n) is 3.60. The van der Waals surface area contributed by atoms with Crippen LogP contribution in [0.15, 0.2) is 48.7 Å². The quantitative estimate of drug-likeness (QED) is 0.411. The lowest BCUT2D eigenvalue weighted by atomic mass is 9.98. The van der Waals surface area contributed by atoms with Crippen molar-refractivity contribution in [2.24, 2.45) is 0 Å². The van der Waals surface area contributed by atoms with Crippen LogP contribution in [0, 0.1) is 0 Å². The van der Waals surface area contributed by atoms with Crippen LogP contribution in [-0.4, -0.2) is 16.5 Å². The Kier molecular flexibility index (Phi) is 1.97. The number of hydrogen-bond acceptors (Lipinski definition) is 2. The molecule has 90 valence electrons. The molecule has 0 saturated carbocycles. The van der Waals surface area contributed by atoms with Gasteiger partial charge in [-0.2, -0.15) is 5.10 Å². The molecule has 4 rings (SSSR count). The monoisotopic (exact) mass is 246 g/mol. The van der Waals surface area contributed by atoms with E-state index in [2.05, 4.69) is 28.4 Å². The van der Waals surface area contributed by atoms with Crippen molar-refractivity contribution in [1.29, 1.82) is 0 Å². The first-order valence-electron chi connectivity index (χ1n) is 6.10. The minimum atomic E-state index is 0.728. The van der Waals surface area contributed by atoms with E-state index < -0.39 is 0 Å². The Labute approximate surface area is 108 Å². The minimum Gasteiger partial charge on any atom is -0.298 e. The summed E-state index contributed by atoms with van der Waals surface area (Å²) in [6.07, 6.45) is 2.72. The Morgan fingerprint density at radius 3 is 2.79 bits per heavy atom. The van der Waals surface area contributed by atoms with Gasteiger partial charge in [0.15, 0.2) is 6.29 Å². The molecule has 3 aromatic carbocycles. The average Bonchev–Trinajstić information content (AvgIpc) is 2.91. The Hall–Kier alpha value is -2.68. The molecule has 19 heavy (non-hydrogen) atoms. The normalized spacial score (nSPS) is 11.4. The molecule has 1 aromatic heterocycles. The minimum absolute atomic E-state index is 0.728. The van der Waals surface area contributed by atoms with Crippen molar-refractivity contribution in [2.45, 2.75) is 0 Å². The number of nitrogens with zero attached hydrogens (tertiary/aromatic N) is 1. The summed E-state index contributed by atoms with van der Waals surface area (Å²) in [7, 11) is 0. The predicted molar refractivity (Wildman–Crippen MR) is 76.5 cm³/mol. The number of aldehydes is 1. The Morgan fingerprint density at radius 2 is 1.89 bits per heavy atom. The van der Waals surface area contributed by atoms with E-state index in [0.29, 0.717) is 0 Å². The van der Waals surface area contributed by atoms with E-state index in [1.807, 2.05) is 30.5 Å². The highest BCUT2D eigenvalue weighted by Gasteiger charge is 2.06. The molecule has 0 aliphatic carbocycles. The Bertz CT molecular complexity index is 937. The number of aromatic nitrogens is 2. The zero-order valence-corrected chi connectivity index (χ0v) is 10.1. The van der Waals surface area contributed by atoms with E-state index in [1.165, 1.54) is 0 Å². The van der Waals surface area contributed by atoms with Gasteiger partial charge in [-0.05, 0) is 33.7 Å². The van der Waals surface area contributed by atoms with E-state index in [9.17, 15) is 4.79 Å². The fourth-order valence-electron chi connectivity index (χ4n) is 2.66. The first-order chi connectivity index (χ1) is 9.36. The van der Waals surface area contributed by atoms with Gasteiger partial charge in [-0.1, -0.05) is 30.3 Å². The largest absolute Gasteiger partial charge is 0.298 e. The number of nitrogens with one attached hydrogen (secondary N) is 1. The van der Waals surface area contributed by atoms with E-state index in [-0.39, 0.29) is 0 Å². The maximum atomic E-state index is 11.1. The third kappa shape index (κ3) is 1.38. The molecule has 0 aliphatic heterocycles. The van der Waals surface area contributed by atoms with Crippen LogP contribution in [0.25, 0.3) is 32.4 Å². The molecule has 1 heterocycles. The van der Waals surface area contributed by atoms with E-state index in [0.717, 1.165) is 44.3 Å². The Morgan fingerprint density at radius 1 is 0.947 bits per heavy atom. The number of aromatic amines is 1. The number of benzene rings is 3. The maximum Gasteiger partial charge on any atom is 0.150 e. The van der Waals surface area contributed by atoms with Gasteiger partial charge in [-0.3, -0.25) is 9.89 Å². The first kappa shape index (κ1) is 10.3. The second kappa shape index (κ2) is 3.65. The third-order valence-corrected chi connectivity index (χ3v) is 3.60. The highest BCUT2D eigenvalue weighted by Crippen LogP contribution is 2.29. The van der Waals surface area contributed by atoms with E-state index >= 15 is 0 Å². The number of hydrogen-bond donors (Lipinski definition) is 1. The summed E-state index contributed by atoms with van der Waals surface area (Å²) in [5.41, 5.74) is 1.75. The molecule has 0 unspecified atom stereocenters. The second-order valence-electron chi connectivity index (χ2n) is 4.66. The molecule has 0 radical (unpaired) electrons. The van der Waals surface area contributed by atoms with E-state index in [4.69, 9.17) is 0 Å². The molecule has 3 nitrogen and oxygen atoms in total. The molecule has 0 fully saturated rings. The number of fused-ring (bicyclic) bond motifs is 4. The highest BCUT2D eigenvalue weighted by molar-refractivity contribution is 6.14. The molecule has 1 N–H and O–H groups in total. The zero-order valence-electron chi connectivity index (χ0n) is 10.1. The number of rotatable bonds is 1. The van der Waals surface area contributed by atoms with Crippen molar-refractivity contribution in [2.75, 3.05) is 0 Å². The fourth-order valence-corrected chi connectivity index (χ4v) is 2.66. The van der Waals surface area contributed by atoms with Gasteiger partial charge in [0.25, 0.3) is 0 Å². The van der Waals surface area contributed by atoms with Crippen LogP contribution in [0.4, 0.5) is 0 Å². The second-order valence-corrected chi connectivity index (χ2v) is 4.66. The molecule has 0 bridgehead atoms. The number of carbonyl (C=O) groups excluding carboxylic acids is 1. The lowest BCUT2D eigenvalue weighted by molar-refractivity contribution is 0.112. The topological polar surface area (TPSA) is 45.8 Å². The number of H-pyrrole nitrogens is 1. The average molecular weight is 246 g/mol. The molecule has 0 aliphatic rings. The predicted octanol–water partition coefficient (Wildman–Crippen LogP) is 3.68. The summed E-state index contributed by atoms with van der Waals surface area (Å²) in [5, 5.41) is 12.5. The SMILES string of the molecule is O=Cc1cccc2c1ccc1cc3[nH]ncc3cc12. The van der Waals surface area contributed by atoms with Gasteiger partial charge in [0.2, 0.25) is 0 Å². The molecule has 0 atom stereocenters. The van der Waals surface area contributed by atoms with Gasteiger partial charge >= 0.3 is 0 Å². The zero-order chi connectivity index (χ0) is 12.8. The number of carbonyl (C=O) groups is 1. The van der Waals surface area contributed by atoms with Gasteiger partial charge in [0.1, 0.15) is 0 Å². The van der Waals surface area contributed by atoms with Gasteiger partial charge in [-0.15, -0.1) is 0 Å². The molecule has 0 saturated heterocycles. The van der Waals surface area contributed by atoms with Crippen molar-refractivity contribution < 1.29 is 4.79 Å². The molecular weight excluding hydrogens is 236 g/mol. The first-order valence-corrected chi connectivity index (χ1v) is 6.10. The van der Waals surface area contributed by atoms with Crippen molar-refractivity contribution in [3.05, 3.63) is 54.2 Å². The summed E-state index contributed by atoms with van der Waals surface area (Å²) in [4.78, 5) is 11.1. The summed E-state index contributed by atoms with van der Waals surface area (Å²) in [5.74, 6) is 0. The van der Waals surface area contributed by atoms with Crippen LogP contribution in [0.2, 0.25) is 0 Å². The fraction of sp³-hybridized carbons (Fsp3) is 0. The van der Waals surface area contributed by atoms with Crippen LogP contribution < -0.4 is 0 Å². The van der Waals surface area contributed by atoms with Gasteiger partial charge in [-0.25, -0.2) is 0 Å². The van der Waals surface area contributed by atoms with Gasteiger partial charge in [0.05, 0.1) is 11.7 Å². The summed E-state index contributed by atoms with van der Waals surface area (Å²) < 4.78 is 0. The van der Waals surface area contributed by atoms with Crippen LogP contribution in [0.5, 0.6) is 0 Å². The van der Waals surface area contributed by atoms with Crippen LogP contribution in [-0.2, 0) is 0 Å². The smallest absolute Gasteiger partial charge is 0.150 e. The molecule has 0 spiro atoms.